The van der Waals surface area contributed by atoms with Crippen molar-refractivity contribution < 1.29 is 19.1 Å². The summed E-state index contributed by atoms with van der Waals surface area (Å²) in [6.45, 7) is 2.05. The summed E-state index contributed by atoms with van der Waals surface area (Å²) in [4.78, 5) is 38.8. The molecule has 1 aliphatic carbocycles. The van der Waals surface area contributed by atoms with Crippen LogP contribution >= 0.6 is 0 Å². The molecule has 1 N–H and O–H groups in total. The minimum Gasteiger partial charge on any atom is -0.449 e. The highest BCUT2D eigenvalue weighted by molar-refractivity contribution is 6.04. The van der Waals surface area contributed by atoms with Crippen molar-refractivity contribution in [3.63, 3.8) is 0 Å². The predicted octanol–water partition coefficient (Wildman–Crippen LogP) is 2.70. The third kappa shape index (κ3) is 4.16. The molecule has 28 heavy (non-hydrogen) atoms. The van der Waals surface area contributed by atoms with Crippen LogP contribution in [0.2, 0.25) is 0 Å². The van der Waals surface area contributed by atoms with E-state index in [4.69, 9.17) is 4.74 Å². The van der Waals surface area contributed by atoms with Crippen molar-refractivity contribution in [2.24, 2.45) is 0 Å². The summed E-state index contributed by atoms with van der Waals surface area (Å²) < 4.78 is 5.37. The van der Waals surface area contributed by atoms with E-state index in [-0.39, 0.29) is 11.5 Å². The zero-order valence-electron chi connectivity index (χ0n) is 16.1. The number of para-hydroxylation sites is 1. The average Bonchev–Trinajstić information content (AvgIpc) is 3.14. The summed E-state index contributed by atoms with van der Waals surface area (Å²) in [6.07, 6.45) is 4.21. The third-order valence-electron chi connectivity index (χ3n) is 5.42. The molecule has 1 atom stereocenters. The van der Waals surface area contributed by atoms with Crippen LogP contribution < -0.4 is 10.2 Å². The summed E-state index contributed by atoms with van der Waals surface area (Å²) in [5, 5.41) is 12.3. The second kappa shape index (κ2) is 8.42. The molecule has 0 aromatic heterocycles. The number of amides is 2. The zero-order chi connectivity index (χ0) is 20.1. The first-order chi connectivity index (χ1) is 13.5. The van der Waals surface area contributed by atoms with E-state index >= 15 is 0 Å². The van der Waals surface area contributed by atoms with Crippen LogP contribution in [0, 0.1) is 11.3 Å². The van der Waals surface area contributed by atoms with Crippen LogP contribution in [-0.4, -0.2) is 36.0 Å². The SMILES string of the molecule is C[C@H](OC(=O)c1ccccc1N1CCCC1=O)C(=O)NC1(C#N)CCCCC1. The first-order valence-electron chi connectivity index (χ1n) is 9.79. The van der Waals surface area contributed by atoms with Crippen molar-refractivity contribution in [1.82, 2.24) is 5.32 Å². The van der Waals surface area contributed by atoms with Gasteiger partial charge in [0.15, 0.2) is 6.10 Å². The number of ether oxygens (including phenoxy) is 1. The number of benzene rings is 1. The van der Waals surface area contributed by atoms with Crippen LogP contribution in [0.1, 0.15) is 62.2 Å². The van der Waals surface area contributed by atoms with Gasteiger partial charge in [-0.3, -0.25) is 9.59 Å². The fourth-order valence-electron chi connectivity index (χ4n) is 3.82. The lowest BCUT2D eigenvalue weighted by Crippen LogP contribution is -2.52. The van der Waals surface area contributed by atoms with Gasteiger partial charge in [-0.1, -0.05) is 31.4 Å². The molecule has 148 valence electrons. The van der Waals surface area contributed by atoms with Gasteiger partial charge in [-0.05, 0) is 38.3 Å². The lowest BCUT2D eigenvalue weighted by Gasteiger charge is -2.32. The number of carbonyl (C=O) groups is 3. The molecular weight excluding hydrogens is 358 g/mol. The number of nitrogens with zero attached hydrogens (tertiary/aromatic N) is 2. The Balaban J connectivity index is 1.68. The second-order valence-electron chi connectivity index (χ2n) is 7.46. The summed E-state index contributed by atoms with van der Waals surface area (Å²) in [7, 11) is 0. The third-order valence-corrected chi connectivity index (χ3v) is 5.42. The van der Waals surface area contributed by atoms with Gasteiger partial charge in [0.05, 0.1) is 17.3 Å². The van der Waals surface area contributed by atoms with E-state index in [1.165, 1.54) is 6.92 Å². The second-order valence-corrected chi connectivity index (χ2v) is 7.46. The minimum absolute atomic E-state index is 0.0284. The van der Waals surface area contributed by atoms with E-state index in [2.05, 4.69) is 11.4 Å². The Bertz CT molecular complexity index is 808. The molecule has 2 amide bonds. The number of hydrogen-bond donors (Lipinski definition) is 1. The Morgan fingerprint density at radius 2 is 1.93 bits per heavy atom. The topological polar surface area (TPSA) is 99.5 Å². The van der Waals surface area contributed by atoms with Gasteiger partial charge in [0.2, 0.25) is 5.91 Å². The van der Waals surface area contributed by atoms with E-state index < -0.39 is 23.5 Å². The van der Waals surface area contributed by atoms with Gasteiger partial charge in [-0.15, -0.1) is 0 Å². The van der Waals surface area contributed by atoms with E-state index in [1.54, 1.807) is 29.2 Å². The van der Waals surface area contributed by atoms with Crippen molar-refractivity contribution in [2.45, 2.75) is 63.5 Å². The van der Waals surface area contributed by atoms with Gasteiger partial charge >= 0.3 is 5.97 Å². The van der Waals surface area contributed by atoms with Crippen molar-refractivity contribution in [3.05, 3.63) is 29.8 Å². The summed E-state index contributed by atoms with van der Waals surface area (Å²) in [6, 6.07) is 8.97. The van der Waals surface area contributed by atoms with Crippen LogP contribution in [0.4, 0.5) is 5.69 Å². The number of esters is 1. The van der Waals surface area contributed by atoms with E-state index in [9.17, 15) is 19.6 Å². The van der Waals surface area contributed by atoms with Gasteiger partial charge in [0.1, 0.15) is 5.54 Å². The van der Waals surface area contributed by atoms with Gasteiger partial charge in [0, 0.05) is 13.0 Å². The number of carbonyl (C=O) groups excluding carboxylic acids is 3. The molecule has 7 nitrogen and oxygen atoms in total. The summed E-state index contributed by atoms with van der Waals surface area (Å²) in [5.74, 6) is -1.17. The Morgan fingerprint density at radius 3 is 2.57 bits per heavy atom. The van der Waals surface area contributed by atoms with Crippen LogP contribution in [0.3, 0.4) is 0 Å². The fourth-order valence-corrected chi connectivity index (χ4v) is 3.82. The van der Waals surface area contributed by atoms with Crippen molar-refractivity contribution in [1.29, 1.82) is 5.26 Å². The summed E-state index contributed by atoms with van der Waals surface area (Å²) in [5.41, 5.74) is -0.121. The smallest absolute Gasteiger partial charge is 0.341 e. The monoisotopic (exact) mass is 383 g/mol. The predicted molar refractivity (Wildman–Crippen MR) is 102 cm³/mol. The van der Waals surface area contributed by atoms with Gasteiger partial charge in [0.25, 0.3) is 5.91 Å². The van der Waals surface area contributed by atoms with Gasteiger partial charge < -0.3 is 15.0 Å². The molecule has 1 aliphatic heterocycles. The van der Waals surface area contributed by atoms with Crippen LogP contribution in [0.15, 0.2) is 24.3 Å². The molecule has 1 aromatic rings. The van der Waals surface area contributed by atoms with E-state index in [1.807, 2.05) is 0 Å². The number of hydrogen-bond acceptors (Lipinski definition) is 5. The number of anilines is 1. The zero-order valence-corrected chi connectivity index (χ0v) is 16.1. The molecule has 1 saturated heterocycles. The maximum absolute atomic E-state index is 12.7. The normalized spacial score (nSPS) is 19.6. The average molecular weight is 383 g/mol. The number of rotatable bonds is 5. The Kier molecular flexibility index (Phi) is 5.98. The first kappa shape index (κ1) is 19.9. The van der Waals surface area contributed by atoms with Crippen molar-refractivity contribution in [2.75, 3.05) is 11.4 Å². The van der Waals surface area contributed by atoms with Gasteiger partial charge in [-0.25, -0.2) is 4.79 Å². The van der Waals surface area contributed by atoms with Crippen LogP contribution in [0.25, 0.3) is 0 Å². The molecule has 0 unspecified atom stereocenters. The molecule has 2 fully saturated rings. The molecule has 0 bridgehead atoms. The highest BCUT2D eigenvalue weighted by Gasteiger charge is 2.36. The molecular formula is C21H25N3O4. The molecule has 1 saturated carbocycles. The Hall–Kier alpha value is -2.88. The van der Waals surface area contributed by atoms with Crippen LogP contribution in [-0.2, 0) is 14.3 Å². The van der Waals surface area contributed by atoms with Crippen LogP contribution in [0.5, 0.6) is 0 Å². The van der Waals surface area contributed by atoms with Crippen molar-refractivity contribution >= 4 is 23.5 Å². The minimum atomic E-state index is -1.04. The van der Waals surface area contributed by atoms with E-state index in [0.717, 1.165) is 25.7 Å². The molecule has 7 heteroatoms. The highest BCUT2D eigenvalue weighted by atomic mass is 16.5. The molecule has 0 spiro atoms. The number of nitrogens with one attached hydrogen (secondary N) is 1. The lowest BCUT2D eigenvalue weighted by molar-refractivity contribution is -0.130. The Morgan fingerprint density at radius 1 is 1.21 bits per heavy atom. The fraction of sp³-hybridized carbons (Fsp3) is 0.524. The first-order valence-corrected chi connectivity index (χ1v) is 9.79. The number of nitriles is 1. The molecule has 1 heterocycles. The van der Waals surface area contributed by atoms with E-state index in [0.29, 0.717) is 31.5 Å². The maximum Gasteiger partial charge on any atom is 0.341 e. The molecule has 3 rings (SSSR count). The summed E-state index contributed by atoms with van der Waals surface area (Å²) >= 11 is 0. The largest absolute Gasteiger partial charge is 0.449 e. The quantitative estimate of drug-likeness (QED) is 0.788. The van der Waals surface area contributed by atoms with Gasteiger partial charge in [-0.2, -0.15) is 5.26 Å². The lowest BCUT2D eigenvalue weighted by atomic mass is 9.83. The Labute approximate surface area is 164 Å². The highest BCUT2D eigenvalue weighted by Crippen LogP contribution is 2.28. The molecule has 1 aromatic carbocycles. The standard InChI is InChI=1S/C21H25N3O4/c1-15(19(26)23-21(14-22)11-5-2-6-12-21)28-20(27)16-8-3-4-9-17(16)24-13-7-10-18(24)25/h3-4,8-9,15H,2,5-7,10-13H2,1H3,(H,23,26)/t15-/m0/s1. The molecule has 0 radical (unpaired) electrons. The van der Waals surface area contributed by atoms with Crippen molar-refractivity contribution in [3.8, 4) is 6.07 Å². The molecule has 2 aliphatic rings. The maximum atomic E-state index is 12.7.